The molecule has 0 amide bonds. The molecule has 2 atom stereocenters. The van der Waals surface area contributed by atoms with Gasteiger partial charge in [0.25, 0.3) is 0 Å². The van der Waals surface area contributed by atoms with Crippen LogP contribution in [0.3, 0.4) is 0 Å². The molecule has 0 saturated carbocycles. The average Bonchev–Trinajstić information content (AvgIpc) is 2.39. The van der Waals surface area contributed by atoms with Gasteiger partial charge in [0, 0.05) is 10.1 Å². The van der Waals surface area contributed by atoms with Crippen molar-refractivity contribution in [2.24, 2.45) is 0 Å². The summed E-state index contributed by atoms with van der Waals surface area (Å²) in [6.45, 7) is 10.8. The monoisotopic (exact) mass is 309 g/mol. The number of carboxylic acids is 1. The summed E-state index contributed by atoms with van der Waals surface area (Å²) >= 11 is 1.75. The molecule has 1 rings (SSSR count). The van der Waals surface area contributed by atoms with Crippen LogP contribution in [-0.4, -0.2) is 28.4 Å². The largest absolute Gasteiger partial charge is 0.480 e. The summed E-state index contributed by atoms with van der Waals surface area (Å²) in [5.41, 5.74) is 1.65. The van der Waals surface area contributed by atoms with Crippen LogP contribution in [0.15, 0.2) is 23.1 Å². The maximum atomic E-state index is 11.6. The highest BCUT2D eigenvalue weighted by Gasteiger charge is 2.34. The highest BCUT2D eigenvalue weighted by Crippen LogP contribution is 2.31. The third-order valence-corrected chi connectivity index (χ3v) is 4.87. The fourth-order valence-electron chi connectivity index (χ4n) is 2.40. The fraction of sp³-hybridized carbons (Fsp3) is 0.588. The molecule has 0 aromatic heterocycles. The van der Waals surface area contributed by atoms with E-state index in [0.717, 1.165) is 13.0 Å². The molecule has 0 aliphatic rings. The number of hydrogen-bond acceptors (Lipinski definition) is 3. The molecule has 1 aromatic rings. The third kappa shape index (κ3) is 5.36. The van der Waals surface area contributed by atoms with Crippen LogP contribution >= 0.6 is 11.8 Å². The number of aryl methyl sites for hydroxylation is 2. The highest BCUT2D eigenvalue weighted by atomic mass is 32.2. The van der Waals surface area contributed by atoms with E-state index < -0.39 is 11.5 Å². The van der Waals surface area contributed by atoms with Gasteiger partial charge in [-0.2, -0.15) is 0 Å². The maximum absolute atomic E-state index is 11.6. The Hall–Kier alpha value is -1.00. The fourth-order valence-corrected chi connectivity index (χ4v) is 3.64. The lowest BCUT2D eigenvalue weighted by Crippen LogP contribution is -2.51. The molecule has 0 spiro atoms. The van der Waals surface area contributed by atoms with E-state index in [4.69, 9.17) is 0 Å². The molecule has 2 unspecified atom stereocenters. The highest BCUT2D eigenvalue weighted by molar-refractivity contribution is 8.00. The summed E-state index contributed by atoms with van der Waals surface area (Å²) in [5, 5.41) is 12.9. The molecule has 21 heavy (non-hydrogen) atoms. The third-order valence-electron chi connectivity index (χ3n) is 3.59. The quantitative estimate of drug-likeness (QED) is 0.712. The molecule has 0 fully saturated rings. The summed E-state index contributed by atoms with van der Waals surface area (Å²) in [4.78, 5) is 12.8. The standard InChI is InChI=1S/C17H27NO2S/c1-6-9-18-17(5,16(19)20)11-14(4)21-15-8-7-12(2)10-13(15)3/h7-8,10,14,18H,6,9,11H2,1-5H3,(H,19,20). The maximum Gasteiger partial charge on any atom is 0.323 e. The van der Waals surface area contributed by atoms with Crippen molar-refractivity contribution in [3.8, 4) is 0 Å². The first kappa shape index (κ1) is 18.1. The van der Waals surface area contributed by atoms with Crippen molar-refractivity contribution >= 4 is 17.7 Å². The number of carbonyl (C=O) groups is 1. The molecular weight excluding hydrogens is 282 g/mol. The first-order valence-corrected chi connectivity index (χ1v) is 8.39. The van der Waals surface area contributed by atoms with Gasteiger partial charge in [-0.3, -0.25) is 4.79 Å². The molecule has 0 saturated heterocycles. The number of nitrogens with one attached hydrogen (secondary N) is 1. The predicted molar refractivity (Wildman–Crippen MR) is 90.2 cm³/mol. The Morgan fingerprint density at radius 2 is 2.10 bits per heavy atom. The van der Waals surface area contributed by atoms with E-state index in [2.05, 4.69) is 44.3 Å². The number of rotatable bonds is 8. The second kappa shape index (κ2) is 7.85. The Bertz CT molecular complexity index is 490. The molecule has 0 aliphatic carbocycles. The summed E-state index contributed by atoms with van der Waals surface area (Å²) in [5.74, 6) is -0.774. The van der Waals surface area contributed by atoms with Gasteiger partial charge in [0.2, 0.25) is 0 Å². The first-order chi connectivity index (χ1) is 9.78. The van der Waals surface area contributed by atoms with E-state index in [1.165, 1.54) is 16.0 Å². The lowest BCUT2D eigenvalue weighted by molar-refractivity contribution is -0.144. The van der Waals surface area contributed by atoms with E-state index in [9.17, 15) is 9.90 Å². The van der Waals surface area contributed by atoms with Gasteiger partial charge in [-0.15, -0.1) is 11.8 Å². The predicted octanol–water partition coefficient (Wildman–Crippen LogP) is 4.02. The van der Waals surface area contributed by atoms with Crippen LogP contribution in [0.1, 0.15) is 44.7 Å². The van der Waals surface area contributed by atoms with Crippen molar-refractivity contribution in [2.45, 2.75) is 63.1 Å². The molecule has 118 valence electrons. The van der Waals surface area contributed by atoms with Gasteiger partial charge in [-0.25, -0.2) is 0 Å². The van der Waals surface area contributed by atoms with Gasteiger partial charge in [0.05, 0.1) is 0 Å². The molecule has 0 heterocycles. The van der Waals surface area contributed by atoms with Gasteiger partial charge in [-0.1, -0.05) is 31.5 Å². The van der Waals surface area contributed by atoms with Crippen LogP contribution in [0.25, 0.3) is 0 Å². The van der Waals surface area contributed by atoms with E-state index in [0.29, 0.717) is 6.42 Å². The molecular formula is C17H27NO2S. The van der Waals surface area contributed by atoms with Gasteiger partial charge in [-0.05, 0) is 51.8 Å². The smallest absolute Gasteiger partial charge is 0.323 e. The van der Waals surface area contributed by atoms with Crippen LogP contribution in [0.5, 0.6) is 0 Å². The number of hydrogen-bond donors (Lipinski definition) is 2. The van der Waals surface area contributed by atoms with Crippen molar-refractivity contribution in [1.29, 1.82) is 0 Å². The first-order valence-electron chi connectivity index (χ1n) is 7.51. The van der Waals surface area contributed by atoms with Gasteiger partial charge >= 0.3 is 5.97 Å². The van der Waals surface area contributed by atoms with Crippen LogP contribution in [0, 0.1) is 13.8 Å². The Kier molecular flexibility index (Phi) is 6.75. The van der Waals surface area contributed by atoms with E-state index in [1.807, 2.05) is 6.92 Å². The van der Waals surface area contributed by atoms with Crippen molar-refractivity contribution in [2.75, 3.05) is 6.54 Å². The Balaban J connectivity index is 2.73. The van der Waals surface area contributed by atoms with E-state index in [-0.39, 0.29) is 5.25 Å². The minimum absolute atomic E-state index is 0.233. The average molecular weight is 309 g/mol. The van der Waals surface area contributed by atoms with Gasteiger partial charge in [0.1, 0.15) is 5.54 Å². The van der Waals surface area contributed by atoms with E-state index in [1.54, 1.807) is 18.7 Å². The molecule has 0 bridgehead atoms. The van der Waals surface area contributed by atoms with Gasteiger partial charge in [0.15, 0.2) is 0 Å². The normalized spacial score (nSPS) is 15.5. The Morgan fingerprint density at radius 3 is 2.62 bits per heavy atom. The second-order valence-electron chi connectivity index (χ2n) is 5.97. The summed E-state index contributed by atoms with van der Waals surface area (Å²) in [6, 6.07) is 6.40. The van der Waals surface area contributed by atoms with Crippen molar-refractivity contribution in [1.82, 2.24) is 5.32 Å². The lowest BCUT2D eigenvalue weighted by Gasteiger charge is -2.29. The Morgan fingerprint density at radius 1 is 1.43 bits per heavy atom. The zero-order valence-corrected chi connectivity index (χ0v) is 14.5. The molecule has 1 aromatic carbocycles. The molecule has 3 nitrogen and oxygen atoms in total. The number of benzene rings is 1. The zero-order valence-electron chi connectivity index (χ0n) is 13.7. The summed E-state index contributed by atoms with van der Waals surface area (Å²) in [6.07, 6.45) is 1.53. The minimum atomic E-state index is -0.860. The van der Waals surface area contributed by atoms with Crippen LogP contribution in [0.4, 0.5) is 0 Å². The minimum Gasteiger partial charge on any atom is -0.480 e. The topological polar surface area (TPSA) is 49.3 Å². The van der Waals surface area contributed by atoms with Crippen molar-refractivity contribution < 1.29 is 9.90 Å². The summed E-state index contributed by atoms with van der Waals surface area (Å²) in [7, 11) is 0. The molecule has 0 aliphatic heterocycles. The van der Waals surface area contributed by atoms with Crippen LogP contribution in [0.2, 0.25) is 0 Å². The number of aliphatic carboxylic acids is 1. The van der Waals surface area contributed by atoms with Crippen molar-refractivity contribution in [3.63, 3.8) is 0 Å². The van der Waals surface area contributed by atoms with Crippen molar-refractivity contribution in [3.05, 3.63) is 29.3 Å². The summed E-state index contributed by atoms with van der Waals surface area (Å²) < 4.78 is 0. The molecule has 0 radical (unpaired) electrons. The molecule has 2 N–H and O–H groups in total. The van der Waals surface area contributed by atoms with Gasteiger partial charge < -0.3 is 10.4 Å². The SMILES string of the molecule is CCCNC(C)(CC(C)Sc1ccc(C)cc1C)C(=O)O. The zero-order chi connectivity index (χ0) is 16.0. The van der Waals surface area contributed by atoms with Crippen LogP contribution < -0.4 is 5.32 Å². The lowest BCUT2D eigenvalue weighted by atomic mass is 9.96. The van der Waals surface area contributed by atoms with Crippen LogP contribution in [-0.2, 0) is 4.79 Å². The van der Waals surface area contributed by atoms with E-state index >= 15 is 0 Å². The number of thioether (sulfide) groups is 1. The second-order valence-corrected chi connectivity index (χ2v) is 7.45. The Labute approximate surface area is 132 Å². The molecule has 4 heteroatoms. The number of carboxylic acid groups (broad SMARTS) is 1.